The number of rotatable bonds is 5. The Bertz CT molecular complexity index is 385. The Morgan fingerprint density at radius 2 is 1.68 bits per heavy atom. The lowest BCUT2D eigenvalue weighted by molar-refractivity contribution is 0.226. The Morgan fingerprint density at radius 1 is 1.11 bits per heavy atom. The van der Waals surface area contributed by atoms with E-state index in [4.69, 9.17) is 9.47 Å². The monoisotopic (exact) mass is 267 g/mol. The van der Waals surface area contributed by atoms with Gasteiger partial charge in [0.15, 0.2) is 0 Å². The third kappa shape index (κ3) is 3.92. The summed E-state index contributed by atoms with van der Waals surface area (Å²) < 4.78 is 10.0. The smallest absolute Gasteiger partial charge is 0.324 e. The van der Waals surface area contributed by atoms with E-state index < -0.39 is 0 Å². The van der Waals surface area contributed by atoms with Gasteiger partial charge in [-0.05, 0) is 38.9 Å². The summed E-state index contributed by atoms with van der Waals surface area (Å²) in [6.45, 7) is 3.16. The zero-order valence-corrected chi connectivity index (χ0v) is 11.7. The molecule has 1 aliphatic rings. The molecular formula is C12H21N5O2. The molecule has 2 rings (SSSR count). The molecule has 0 radical (unpaired) electrons. The number of hydrogen-bond acceptors (Lipinski definition) is 7. The molecule has 0 bridgehead atoms. The maximum absolute atomic E-state index is 5.01. The van der Waals surface area contributed by atoms with E-state index in [-0.39, 0.29) is 12.0 Å². The second-order valence-electron chi connectivity index (χ2n) is 4.76. The van der Waals surface area contributed by atoms with Crippen LogP contribution in [0.1, 0.15) is 12.8 Å². The molecule has 1 N–H and O–H groups in total. The summed E-state index contributed by atoms with van der Waals surface area (Å²) in [5, 5.41) is 3.24. The van der Waals surface area contributed by atoms with Crippen molar-refractivity contribution in [3.05, 3.63) is 0 Å². The average Bonchev–Trinajstić information content (AvgIpc) is 2.46. The van der Waals surface area contributed by atoms with Gasteiger partial charge in [0.2, 0.25) is 5.95 Å². The van der Waals surface area contributed by atoms with Gasteiger partial charge in [0.05, 0.1) is 14.2 Å². The van der Waals surface area contributed by atoms with E-state index in [1.165, 1.54) is 27.1 Å². The topological polar surface area (TPSA) is 72.4 Å². The molecule has 19 heavy (non-hydrogen) atoms. The van der Waals surface area contributed by atoms with Crippen LogP contribution < -0.4 is 14.8 Å². The normalized spacial score (nSPS) is 17.2. The van der Waals surface area contributed by atoms with E-state index in [0.717, 1.165) is 19.6 Å². The molecule has 1 aromatic rings. The predicted octanol–water partition coefficient (Wildman–Crippen LogP) is 0.642. The van der Waals surface area contributed by atoms with E-state index in [2.05, 4.69) is 32.2 Å². The molecule has 0 atom stereocenters. The highest BCUT2D eigenvalue weighted by Gasteiger charge is 2.17. The van der Waals surface area contributed by atoms with E-state index in [1.54, 1.807) is 0 Å². The van der Waals surface area contributed by atoms with Crippen molar-refractivity contribution in [3.63, 3.8) is 0 Å². The van der Waals surface area contributed by atoms with Crippen LogP contribution in [-0.2, 0) is 0 Å². The predicted molar refractivity (Wildman–Crippen MR) is 71.6 cm³/mol. The van der Waals surface area contributed by atoms with Gasteiger partial charge in [-0.2, -0.15) is 9.97 Å². The Labute approximate surface area is 113 Å². The number of hydrogen-bond donors (Lipinski definition) is 1. The summed E-state index contributed by atoms with van der Waals surface area (Å²) in [4.78, 5) is 14.6. The molecule has 0 saturated carbocycles. The summed E-state index contributed by atoms with van der Waals surface area (Å²) in [5.41, 5.74) is 0. The first kappa shape index (κ1) is 13.8. The van der Waals surface area contributed by atoms with Crippen LogP contribution in [0.4, 0.5) is 5.95 Å². The highest BCUT2D eigenvalue weighted by molar-refractivity contribution is 5.27. The maximum atomic E-state index is 5.01. The fourth-order valence-electron chi connectivity index (χ4n) is 2.10. The molecule has 0 aliphatic carbocycles. The molecule has 0 spiro atoms. The summed E-state index contributed by atoms with van der Waals surface area (Å²) >= 11 is 0. The molecule has 2 heterocycles. The van der Waals surface area contributed by atoms with Crippen molar-refractivity contribution in [3.8, 4) is 12.0 Å². The first-order valence-electron chi connectivity index (χ1n) is 6.47. The van der Waals surface area contributed by atoms with Crippen LogP contribution in [0.5, 0.6) is 12.0 Å². The molecular weight excluding hydrogens is 246 g/mol. The van der Waals surface area contributed by atoms with Crippen molar-refractivity contribution < 1.29 is 9.47 Å². The van der Waals surface area contributed by atoms with Crippen molar-refractivity contribution >= 4 is 5.95 Å². The number of piperidine rings is 1. The molecule has 1 aliphatic heterocycles. The minimum atomic E-state index is 0.262. The van der Waals surface area contributed by atoms with E-state index >= 15 is 0 Å². The molecule has 0 unspecified atom stereocenters. The van der Waals surface area contributed by atoms with Crippen molar-refractivity contribution in [2.45, 2.75) is 12.8 Å². The number of methoxy groups -OCH3 is 2. The Hall–Kier alpha value is -1.63. The van der Waals surface area contributed by atoms with Gasteiger partial charge in [-0.3, -0.25) is 0 Å². The van der Waals surface area contributed by atoms with Crippen molar-refractivity contribution in [2.75, 3.05) is 46.2 Å². The molecule has 1 aromatic heterocycles. The number of nitrogens with zero attached hydrogens (tertiary/aromatic N) is 4. The number of likely N-dealkylation sites (tertiary alicyclic amines) is 1. The third-order valence-corrected chi connectivity index (χ3v) is 3.35. The van der Waals surface area contributed by atoms with Crippen LogP contribution in [0.25, 0.3) is 0 Å². The summed E-state index contributed by atoms with van der Waals surface area (Å²) in [7, 11) is 5.20. The molecule has 0 amide bonds. The first-order chi connectivity index (χ1) is 9.21. The SMILES string of the molecule is COc1nc(NCC2CCN(C)CC2)nc(OC)n1. The van der Waals surface area contributed by atoms with Crippen LogP contribution in [0, 0.1) is 5.92 Å². The Balaban J connectivity index is 1.91. The zero-order chi connectivity index (χ0) is 13.7. The number of nitrogens with one attached hydrogen (secondary N) is 1. The Morgan fingerprint density at radius 3 is 2.21 bits per heavy atom. The molecule has 1 fully saturated rings. The summed E-state index contributed by atoms with van der Waals surface area (Å²) in [6, 6.07) is 0.524. The lowest BCUT2D eigenvalue weighted by atomic mass is 9.97. The Kier molecular flexibility index (Phi) is 4.73. The van der Waals surface area contributed by atoms with Crippen LogP contribution >= 0.6 is 0 Å². The second kappa shape index (κ2) is 6.51. The van der Waals surface area contributed by atoms with Crippen LogP contribution in [-0.4, -0.2) is 60.8 Å². The third-order valence-electron chi connectivity index (χ3n) is 3.35. The number of ether oxygens (including phenoxy) is 2. The fourth-order valence-corrected chi connectivity index (χ4v) is 2.10. The highest BCUT2D eigenvalue weighted by Crippen LogP contribution is 2.17. The second-order valence-corrected chi connectivity index (χ2v) is 4.76. The van der Waals surface area contributed by atoms with Crippen LogP contribution in [0.3, 0.4) is 0 Å². The lowest BCUT2D eigenvalue weighted by Crippen LogP contribution is -2.33. The minimum absolute atomic E-state index is 0.262. The molecule has 7 heteroatoms. The quantitative estimate of drug-likeness (QED) is 0.839. The van der Waals surface area contributed by atoms with Gasteiger partial charge in [0.1, 0.15) is 0 Å². The van der Waals surface area contributed by atoms with Crippen molar-refractivity contribution in [1.29, 1.82) is 0 Å². The van der Waals surface area contributed by atoms with Crippen LogP contribution in [0.2, 0.25) is 0 Å². The van der Waals surface area contributed by atoms with Gasteiger partial charge >= 0.3 is 12.0 Å². The summed E-state index contributed by atoms with van der Waals surface area (Å²) in [6.07, 6.45) is 2.39. The van der Waals surface area contributed by atoms with Gasteiger partial charge in [-0.1, -0.05) is 0 Å². The molecule has 0 aromatic carbocycles. The molecule has 7 nitrogen and oxygen atoms in total. The van der Waals surface area contributed by atoms with Crippen molar-refractivity contribution in [2.24, 2.45) is 5.92 Å². The van der Waals surface area contributed by atoms with Crippen LogP contribution in [0.15, 0.2) is 0 Å². The van der Waals surface area contributed by atoms with E-state index in [1.807, 2.05) is 0 Å². The zero-order valence-electron chi connectivity index (χ0n) is 11.7. The standard InChI is InChI=1S/C12H21N5O2/c1-17-6-4-9(5-7-17)8-13-10-14-11(18-2)16-12(15-10)19-3/h9H,4-8H2,1-3H3,(H,13,14,15,16). The van der Waals surface area contributed by atoms with E-state index in [9.17, 15) is 0 Å². The summed E-state index contributed by atoms with van der Waals surface area (Å²) in [5.74, 6) is 1.16. The first-order valence-corrected chi connectivity index (χ1v) is 6.47. The highest BCUT2D eigenvalue weighted by atomic mass is 16.5. The average molecular weight is 267 g/mol. The van der Waals surface area contributed by atoms with Gasteiger partial charge in [-0.15, -0.1) is 4.98 Å². The largest absolute Gasteiger partial charge is 0.467 e. The number of anilines is 1. The lowest BCUT2D eigenvalue weighted by Gasteiger charge is -2.28. The van der Waals surface area contributed by atoms with Gasteiger partial charge < -0.3 is 19.7 Å². The van der Waals surface area contributed by atoms with Gasteiger partial charge in [-0.25, -0.2) is 0 Å². The van der Waals surface area contributed by atoms with Crippen molar-refractivity contribution in [1.82, 2.24) is 19.9 Å². The van der Waals surface area contributed by atoms with Gasteiger partial charge in [0.25, 0.3) is 0 Å². The molecule has 106 valence electrons. The number of aromatic nitrogens is 3. The van der Waals surface area contributed by atoms with E-state index in [0.29, 0.717) is 11.9 Å². The fraction of sp³-hybridized carbons (Fsp3) is 0.750. The van der Waals surface area contributed by atoms with Gasteiger partial charge in [0, 0.05) is 6.54 Å². The maximum Gasteiger partial charge on any atom is 0.324 e. The molecule has 1 saturated heterocycles. The minimum Gasteiger partial charge on any atom is -0.467 e.